The standard InChI is InChI=1S/C21H27N5O3/c1-3-4-12-22-21(29)19-25-18(17-7-5-6-13-26(17)19)20(28)24-16-10-8-15(9-11-16)23-14(2)27/h8-11H,3-7,12-13H2,1-2H3,(H,22,29)(H,23,27)(H,24,28). The van der Waals surface area contributed by atoms with E-state index in [9.17, 15) is 14.4 Å². The Morgan fingerprint density at radius 1 is 1.03 bits per heavy atom. The van der Waals surface area contributed by atoms with E-state index < -0.39 is 0 Å². The van der Waals surface area contributed by atoms with Crippen LogP contribution in [0.3, 0.4) is 0 Å². The number of carbonyl (C=O) groups excluding carboxylic acids is 3. The van der Waals surface area contributed by atoms with Gasteiger partial charge in [0.1, 0.15) is 0 Å². The third-order valence-corrected chi connectivity index (χ3v) is 4.82. The molecule has 2 aromatic rings. The number of unbranched alkanes of at least 4 members (excludes halogenated alkanes) is 1. The molecule has 0 spiro atoms. The van der Waals surface area contributed by atoms with Gasteiger partial charge in [-0.15, -0.1) is 0 Å². The number of amides is 3. The van der Waals surface area contributed by atoms with Crippen LogP contribution in [-0.2, 0) is 17.8 Å². The summed E-state index contributed by atoms with van der Waals surface area (Å²) in [6.07, 6.45) is 4.55. The maximum absolute atomic E-state index is 12.9. The molecule has 0 unspecified atom stereocenters. The molecule has 29 heavy (non-hydrogen) atoms. The van der Waals surface area contributed by atoms with E-state index in [-0.39, 0.29) is 17.7 Å². The normalized spacial score (nSPS) is 12.8. The van der Waals surface area contributed by atoms with Gasteiger partial charge in [0, 0.05) is 31.4 Å². The monoisotopic (exact) mass is 397 g/mol. The lowest BCUT2D eigenvalue weighted by Gasteiger charge is -2.17. The smallest absolute Gasteiger partial charge is 0.287 e. The van der Waals surface area contributed by atoms with E-state index in [0.29, 0.717) is 36.0 Å². The summed E-state index contributed by atoms with van der Waals surface area (Å²) in [5.41, 5.74) is 2.36. The number of carbonyl (C=O) groups is 3. The van der Waals surface area contributed by atoms with Crippen LogP contribution in [-0.4, -0.2) is 33.8 Å². The van der Waals surface area contributed by atoms with E-state index in [1.807, 2.05) is 4.57 Å². The third kappa shape index (κ3) is 5.01. The molecule has 0 bridgehead atoms. The summed E-state index contributed by atoms with van der Waals surface area (Å²) in [4.78, 5) is 40.9. The molecule has 3 amide bonds. The summed E-state index contributed by atoms with van der Waals surface area (Å²) in [7, 11) is 0. The Bertz CT molecular complexity index is 902. The van der Waals surface area contributed by atoms with Gasteiger partial charge in [0.05, 0.1) is 5.69 Å². The van der Waals surface area contributed by atoms with Crippen molar-refractivity contribution in [3.8, 4) is 0 Å². The average molecular weight is 397 g/mol. The largest absolute Gasteiger partial charge is 0.349 e. The third-order valence-electron chi connectivity index (χ3n) is 4.82. The van der Waals surface area contributed by atoms with Gasteiger partial charge < -0.3 is 20.5 Å². The molecule has 0 fully saturated rings. The van der Waals surface area contributed by atoms with Crippen LogP contribution >= 0.6 is 0 Å². The highest BCUT2D eigenvalue weighted by Gasteiger charge is 2.27. The van der Waals surface area contributed by atoms with Gasteiger partial charge in [-0.25, -0.2) is 4.98 Å². The molecule has 1 aromatic carbocycles. The van der Waals surface area contributed by atoms with E-state index >= 15 is 0 Å². The summed E-state index contributed by atoms with van der Waals surface area (Å²) >= 11 is 0. The van der Waals surface area contributed by atoms with Gasteiger partial charge in [0.15, 0.2) is 11.5 Å². The van der Waals surface area contributed by atoms with Gasteiger partial charge >= 0.3 is 0 Å². The van der Waals surface area contributed by atoms with Crippen LogP contribution in [0.5, 0.6) is 0 Å². The predicted molar refractivity (Wildman–Crippen MR) is 111 cm³/mol. The highest BCUT2D eigenvalue weighted by atomic mass is 16.2. The van der Waals surface area contributed by atoms with Gasteiger partial charge in [0.25, 0.3) is 11.8 Å². The highest BCUT2D eigenvalue weighted by molar-refractivity contribution is 6.05. The molecule has 3 N–H and O–H groups in total. The Kier molecular flexibility index (Phi) is 6.64. The summed E-state index contributed by atoms with van der Waals surface area (Å²) in [5.74, 6) is -0.422. The van der Waals surface area contributed by atoms with Gasteiger partial charge in [-0.3, -0.25) is 14.4 Å². The minimum absolute atomic E-state index is 0.156. The Morgan fingerprint density at radius 3 is 2.38 bits per heavy atom. The molecule has 154 valence electrons. The number of imidazole rings is 1. The highest BCUT2D eigenvalue weighted by Crippen LogP contribution is 2.22. The Labute approximate surface area is 170 Å². The molecule has 8 nitrogen and oxygen atoms in total. The van der Waals surface area contributed by atoms with Crippen molar-refractivity contribution in [1.29, 1.82) is 0 Å². The Morgan fingerprint density at radius 2 is 1.72 bits per heavy atom. The molecule has 0 saturated heterocycles. The molecule has 0 radical (unpaired) electrons. The summed E-state index contributed by atoms with van der Waals surface area (Å²) in [5, 5.41) is 8.40. The Balaban J connectivity index is 1.77. The molecule has 0 aliphatic carbocycles. The van der Waals surface area contributed by atoms with E-state index in [4.69, 9.17) is 0 Å². The van der Waals surface area contributed by atoms with Gasteiger partial charge in [-0.1, -0.05) is 13.3 Å². The van der Waals surface area contributed by atoms with E-state index in [1.165, 1.54) is 6.92 Å². The van der Waals surface area contributed by atoms with Crippen molar-refractivity contribution in [2.75, 3.05) is 17.2 Å². The lowest BCUT2D eigenvalue weighted by molar-refractivity contribution is -0.114. The van der Waals surface area contributed by atoms with Gasteiger partial charge in [-0.2, -0.15) is 0 Å². The number of benzene rings is 1. The second kappa shape index (κ2) is 9.36. The molecular formula is C21H27N5O3. The molecule has 8 heteroatoms. The fourth-order valence-corrected chi connectivity index (χ4v) is 3.39. The van der Waals surface area contributed by atoms with Crippen molar-refractivity contribution in [1.82, 2.24) is 14.9 Å². The molecule has 1 aliphatic rings. The fourth-order valence-electron chi connectivity index (χ4n) is 3.39. The topological polar surface area (TPSA) is 105 Å². The van der Waals surface area contributed by atoms with Crippen molar-refractivity contribution >= 4 is 29.1 Å². The van der Waals surface area contributed by atoms with E-state index in [1.54, 1.807) is 24.3 Å². The van der Waals surface area contributed by atoms with Crippen molar-refractivity contribution in [3.05, 3.63) is 41.5 Å². The number of anilines is 2. The molecule has 1 aromatic heterocycles. The average Bonchev–Trinajstić information content (AvgIpc) is 3.09. The van der Waals surface area contributed by atoms with Crippen molar-refractivity contribution in [3.63, 3.8) is 0 Å². The van der Waals surface area contributed by atoms with Crippen LogP contribution in [0, 0.1) is 0 Å². The van der Waals surface area contributed by atoms with Gasteiger partial charge in [0.2, 0.25) is 5.91 Å². The SMILES string of the molecule is CCCCNC(=O)c1nc(C(=O)Nc2ccc(NC(C)=O)cc2)c2n1CCCC2. The van der Waals surface area contributed by atoms with Crippen molar-refractivity contribution in [2.45, 2.75) is 52.5 Å². The summed E-state index contributed by atoms with van der Waals surface area (Å²) in [6.45, 7) is 4.79. The molecule has 2 heterocycles. The van der Waals surface area contributed by atoms with Crippen LogP contribution < -0.4 is 16.0 Å². The maximum atomic E-state index is 12.9. The second-order valence-electron chi connectivity index (χ2n) is 7.16. The number of nitrogens with one attached hydrogen (secondary N) is 3. The number of fused-ring (bicyclic) bond motifs is 1. The van der Waals surface area contributed by atoms with Crippen LogP contribution in [0.2, 0.25) is 0 Å². The molecule has 0 saturated carbocycles. The maximum Gasteiger partial charge on any atom is 0.287 e. The first-order valence-electron chi connectivity index (χ1n) is 10.1. The predicted octanol–water partition coefficient (Wildman–Crippen LogP) is 2.96. The minimum atomic E-state index is -0.337. The van der Waals surface area contributed by atoms with Crippen LogP contribution in [0.4, 0.5) is 11.4 Å². The number of aromatic nitrogens is 2. The zero-order valence-corrected chi connectivity index (χ0v) is 16.9. The van der Waals surface area contributed by atoms with Crippen LogP contribution in [0.15, 0.2) is 24.3 Å². The number of rotatable bonds is 7. The molecule has 0 atom stereocenters. The first-order chi connectivity index (χ1) is 14.0. The molecule has 1 aliphatic heterocycles. The first-order valence-corrected chi connectivity index (χ1v) is 10.1. The zero-order valence-electron chi connectivity index (χ0n) is 16.9. The quantitative estimate of drug-likeness (QED) is 0.625. The molecular weight excluding hydrogens is 370 g/mol. The van der Waals surface area contributed by atoms with E-state index in [2.05, 4.69) is 27.9 Å². The van der Waals surface area contributed by atoms with Gasteiger partial charge in [-0.05, 0) is 49.9 Å². The lowest BCUT2D eigenvalue weighted by Crippen LogP contribution is -2.28. The summed E-state index contributed by atoms with van der Waals surface area (Å²) in [6, 6.07) is 6.85. The Hall–Kier alpha value is -3.16. The van der Waals surface area contributed by atoms with Crippen LogP contribution in [0.1, 0.15) is 66.3 Å². The number of hydrogen-bond donors (Lipinski definition) is 3. The van der Waals surface area contributed by atoms with E-state index in [0.717, 1.165) is 37.8 Å². The number of nitrogens with zero attached hydrogens (tertiary/aromatic N) is 2. The fraction of sp³-hybridized carbons (Fsp3) is 0.429. The van der Waals surface area contributed by atoms with Crippen molar-refractivity contribution in [2.24, 2.45) is 0 Å². The lowest BCUT2D eigenvalue weighted by atomic mass is 10.1. The second-order valence-corrected chi connectivity index (χ2v) is 7.16. The zero-order chi connectivity index (χ0) is 20.8. The van der Waals surface area contributed by atoms with Crippen molar-refractivity contribution < 1.29 is 14.4 Å². The minimum Gasteiger partial charge on any atom is -0.349 e. The number of hydrogen-bond acceptors (Lipinski definition) is 4. The summed E-state index contributed by atoms with van der Waals surface area (Å²) < 4.78 is 1.87. The first kappa shape index (κ1) is 20.6. The van der Waals surface area contributed by atoms with Crippen LogP contribution in [0.25, 0.3) is 0 Å². The molecule has 3 rings (SSSR count).